The molecular formula is C20H35IN4S. The van der Waals surface area contributed by atoms with Gasteiger partial charge in [0.15, 0.2) is 5.96 Å². The Bertz CT molecular complexity index is 498. The van der Waals surface area contributed by atoms with Gasteiger partial charge in [-0.3, -0.25) is 9.89 Å². The zero-order chi connectivity index (χ0) is 17.7. The Hall–Kier alpha value is -0.470. The number of unbranched alkanes of at least 4 members (excludes halogenated alkanes) is 1. The fraction of sp³-hybridized carbons (Fsp3) is 0.650. The van der Waals surface area contributed by atoms with Gasteiger partial charge in [-0.2, -0.15) is 11.8 Å². The molecule has 148 valence electrons. The number of nitrogens with zero attached hydrogens (tertiary/aromatic N) is 2. The zero-order valence-corrected chi connectivity index (χ0v) is 19.4. The SMILES string of the molecule is CCNC(=NCC1CCCN1Cc1ccccc1)NCCCCSC.I. The van der Waals surface area contributed by atoms with Crippen LogP contribution in [0, 0.1) is 0 Å². The Kier molecular flexibility index (Phi) is 13.2. The van der Waals surface area contributed by atoms with Crippen LogP contribution in [0.15, 0.2) is 35.3 Å². The van der Waals surface area contributed by atoms with E-state index in [1.54, 1.807) is 0 Å². The second-order valence-corrected chi connectivity index (χ2v) is 7.58. The van der Waals surface area contributed by atoms with Crippen molar-refractivity contribution >= 4 is 41.7 Å². The number of hydrogen-bond donors (Lipinski definition) is 2. The topological polar surface area (TPSA) is 39.7 Å². The maximum Gasteiger partial charge on any atom is 0.191 e. The molecule has 1 fully saturated rings. The normalized spacial score (nSPS) is 17.8. The van der Waals surface area contributed by atoms with Gasteiger partial charge in [-0.1, -0.05) is 30.3 Å². The molecule has 0 saturated carbocycles. The molecule has 1 aliphatic heterocycles. The van der Waals surface area contributed by atoms with E-state index >= 15 is 0 Å². The lowest BCUT2D eigenvalue weighted by atomic mass is 10.2. The van der Waals surface area contributed by atoms with Gasteiger partial charge in [-0.25, -0.2) is 0 Å². The number of likely N-dealkylation sites (tertiary alicyclic amines) is 1. The number of hydrogen-bond acceptors (Lipinski definition) is 3. The number of guanidine groups is 1. The molecule has 4 nitrogen and oxygen atoms in total. The maximum atomic E-state index is 4.85. The number of halogens is 1. The summed E-state index contributed by atoms with van der Waals surface area (Å²) < 4.78 is 0. The van der Waals surface area contributed by atoms with Gasteiger partial charge in [0, 0.05) is 25.7 Å². The van der Waals surface area contributed by atoms with Crippen molar-refractivity contribution in [3.63, 3.8) is 0 Å². The second kappa shape index (κ2) is 14.6. The molecule has 0 spiro atoms. The predicted molar refractivity (Wildman–Crippen MR) is 127 cm³/mol. The van der Waals surface area contributed by atoms with Crippen LogP contribution >= 0.6 is 35.7 Å². The molecule has 1 heterocycles. The van der Waals surface area contributed by atoms with Gasteiger partial charge in [0.1, 0.15) is 0 Å². The van der Waals surface area contributed by atoms with Crippen molar-refractivity contribution in [1.82, 2.24) is 15.5 Å². The number of benzene rings is 1. The summed E-state index contributed by atoms with van der Waals surface area (Å²) >= 11 is 1.92. The van der Waals surface area contributed by atoms with Crippen LogP contribution in [0.1, 0.15) is 38.2 Å². The van der Waals surface area contributed by atoms with Crippen molar-refractivity contribution in [2.24, 2.45) is 4.99 Å². The van der Waals surface area contributed by atoms with Crippen LogP contribution < -0.4 is 10.6 Å². The van der Waals surface area contributed by atoms with Gasteiger partial charge < -0.3 is 10.6 Å². The Morgan fingerprint density at radius 3 is 2.77 bits per heavy atom. The van der Waals surface area contributed by atoms with Crippen molar-refractivity contribution in [3.05, 3.63) is 35.9 Å². The molecule has 1 saturated heterocycles. The molecular weight excluding hydrogens is 455 g/mol. The smallest absolute Gasteiger partial charge is 0.191 e. The van der Waals surface area contributed by atoms with Crippen LogP contribution in [0.25, 0.3) is 0 Å². The van der Waals surface area contributed by atoms with Gasteiger partial charge in [-0.05, 0) is 56.7 Å². The van der Waals surface area contributed by atoms with E-state index < -0.39 is 0 Å². The summed E-state index contributed by atoms with van der Waals surface area (Å²) in [4.78, 5) is 7.44. The molecule has 2 rings (SSSR count). The largest absolute Gasteiger partial charge is 0.357 e. The van der Waals surface area contributed by atoms with Crippen LogP contribution in [0.5, 0.6) is 0 Å². The first-order valence-electron chi connectivity index (χ1n) is 9.62. The van der Waals surface area contributed by atoms with E-state index in [4.69, 9.17) is 4.99 Å². The lowest BCUT2D eigenvalue weighted by Gasteiger charge is -2.23. The number of aliphatic imine (C=N–C) groups is 1. The van der Waals surface area contributed by atoms with E-state index in [9.17, 15) is 0 Å². The molecule has 0 aliphatic carbocycles. The van der Waals surface area contributed by atoms with E-state index in [-0.39, 0.29) is 24.0 Å². The fourth-order valence-corrected chi connectivity index (χ4v) is 3.74. The Labute approximate surface area is 181 Å². The molecule has 6 heteroatoms. The number of nitrogens with one attached hydrogen (secondary N) is 2. The molecule has 1 atom stereocenters. The van der Waals surface area contributed by atoms with Crippen molar-refractivity contribution < 1.29 is 0 Å². The Morgan fingerprint density at radius 1 is 1.23 bits per heavy atom. The Balaban J connectivity index is 0.00000338. The summed E-state index contributed by atoms with van der Waals surface area (Å²) in [6, 6.07) is 11.3. The van der Waals surface area contributed by atoms with Crippen molar-refractivity contribution in [1.29, 1.82) is 0 Å². The zero-order valence-electron chi connectivity index (χ0n) is 16.2. The third-order valence-corrected chi connectivity index (χ3v) is 5.30. The summed E-state index contributed by atoms with van der Waals surface area (Å²) in [5.41, 5.74) is 1.40. The van der Waals surface area contributed by atoms with E-state index in [2.05, 4.69) is 59.0 Å². The van der Waals surface area contributed by atoms with Crippen molar-refractivity contribution in [3.8, 4) is 0 Å². The van der Waals surface area contributed by atoms with Crippen LogP contribution in [0.4, 0.5) is 0 Å². The third kappa shape index (κ3) is 8.95. The average Bonchev–Trinajstić information content (AvgIpc) is 3.07. The van der Waals surface area contributed by atoms with Crippen LogP contribution in [0.3, 0.4) is 0 Å². The maximum absolute atomic E-state index is 4.85. The fourth-order valence-electron chi connectivity index (χ4n) is 3.24. The first kappa shape index (κ1) is 23.6. The molecule has 0 aromatic heterocycles. The highest BCUT2D eigenvalue weighted by Gasteiger charge is 2.24. The summed E-state index contributed by atoms with van der Waals surface area (Å²) in [6.07, 6.45) is 7.17. The highest BCUT2D eigenvalue weighted by atomic mass is 127. The molecule has 0 bridgehead atoms. The molecule has 26 heavy (non-hydrogen) atoms. The van der Waals surface area contributed by atoms with Crippen LogP contribution in [-0.4, -0.2) is 55.1 Å². The van der Waals surface area contributed by atoms with Crippen molar-refractivity contribution in [2.45, 2.75) is 45.2 Å². The van der Waals surface area contributed by atoms with E-state index in [0.717, 1.165) is 32.1 Å². The predicted octanol–water partition coefficient (Wildman–Crippen LogP) is 3.97. The molecule has 1 aromatic rings. The Morgan fingerprint density at radius 2 is 2.04 bits per heavy atom. The lowest BCUT2D eigenvalue weighted by molar-refractivity contribution is 0.250. The molecule has 2 N–H and O–H groups in total. The standard InChI is InChI=1S/C20H34N4S.HI/c1-3-21-20(22-13-7-8-15-25-2)23-16-19-12-9-14-24(19)17-18-10-5-4-6-11-18;/h4-6,10-11,19H,3,7-9,12-17H2,1-2H3,(H2,21,22,23);1H. The van der Waals surface area contributed by atoms with E-state index in [1.165, 1.54) is 43.5 Å². The molecule has 0 radical (unpaired) electrons. The van der Waals surface area contributed by atoms with Gasteiger partial charge in [0.25, 0.3) is 0 Å². The summed E-state index contributed by atoms with van der Waals surface area (Å²) in [5.74, 6) is 2.21. The second-order valence-electron chi connectivity index (χ2n) is 6.60. The number of rotatable bonds is 10. The van der Waals surface area contributed by atoms with E-state index in [0.29, 0.717) is 6.04 Å². The third-order valence-electron chi connectivity index (χ3n) is 4.60. The first-order chi connectivity index (χ1) is 12.3. The monoisotopic (exact) mass is 490 g/mol. The average molecular weight is 490 g/mol. The van der Waals surface area contributed by atoms with Crippen LogP contribution in [0.2, 0.25) is 0 Å². The molecule has 1 aromatic carbocycles. The highest BCUT2D eigenvalue weighted by molar-refractivity contribution is 14.0. The highest BCUT2D eigenvalue weighted by Crippen LogP contribution is 2.20. The minimum absolute atomic E-state index is 0. The molecule has 0 amide bonds. The van der Waals surface area contributed by atoms with Crippen LogP contribution in [-0.2, 0) is 6.54 Å². The molecule has 1 aliphatic rings. The van der Waals surface area contributed by atoms with Gasteiger partial charge >= 0.3 is 0 Å². The van der Waals surface area contributed by atoms with Crippen molar-refractivity contribution in [2.75, 3.05) is 38.2 Å². The lowest BCUT2D eigenvalue weighted by Crippen LogP contribution is -2.39. The summed E-state index contributed by atoms with van der Waals surface area (Å²) in [5, 5.41) is 6.86. The van der Waals surface area contributed by atoms with Gasteiger partial charge in [-0.15, -0.1) is 24.0 Å². The number of thioether (sulfide) groups is 1. The molecule has 1 unspecified atom stereocenters. The summed E-state index contributed by atoms with van der Waals surface area (Å²) in [7, 11) is 0. The van der Waals surface area contributed by atoms with E-state index in [1.807, 2.05) is 11.8 Å². The minimum atomic E-state index is 0. The van der Waals surface area contributed by atoms with Gasteiger partial charge in [0.05, 0.1) is 6.54 Å². The quantitative estimate of drug-likeness (QED) is 0.226. The summed E-state index contributed by atoms with van der Waals surface area (Å²) in [6.45, 7) is 7.16. The minimum Gasteiger partial charge on any atom is -0.357 e. The first-order valence-corrected chi connectivity index (χ1v) is 11.0. The van der Waals surface area contributed by atoms with Gasteiger partial charge in [0.2, 0.25) is 0 Å².